The van der Waals surface area contributed by atoms with E-state index in [4.69, 9.17) is 5.11 Å². The number of rotatable bonds is 3. The molecule has 1 aliphatic heterocycles. The second kappa shape index (κ2) is 4.66. The van der Waals surface area contributed by atoms with Crippen LogP contribution in [-0.2, 0) is 11.3 Å². The summed E-state index contributed by atoms with van der Waals surface area (Å²) in [6.07, 6.45) is 0.766. The Morgan fingerprint density at radius 3 is 2.75 bits per heavy atom. The van der Waals surface area contributed by atoms with E-state index in [1.54, 1.807) is 0 Å². The molecule has 1 aromatic rings. The predicted octanol–water partition coefficient (Wildman–Crippen LogP) is 1.98. The zero-order valence-corrected chi connectivity index (χ0v) is 9.47. The fraction of sp³-hybridized carbons (Fsp3) is 0.462. The number of hydrogen-bond acceptors (Lipinski definition) is 2. The maximum Gasteiger partial charge on any atom is 0.320 e. The molecule has 1 saturated heterocycles. The summed E-state index contributed by atoms with van der Waals surface area (Å²) < 4.78 is 0. The number of carboxylic acid groups (broad SMARTS) is 1. The number of carboxylic acids is 1. The van der Waals surface area contributed by atoms with Crippen LogP contribution < -0.4 is 0 Å². The lowest BCUT2D eigenvalue weighted by molar-refractivity contribution is -0.142. The van der Waals surface area contributed by atoms with Gasteiger partial charge in [0.15, 0.2) is 0 Å². The molecule has 1 heterocycles. The molecule has 0 unspecified atom stereocenters. The molecule has 0 aromatic heterocycles. The van der Waals surface area contributed by atoms with Crippen LogP contribution in [-0.4, -0.2) is 28.6 Å². The van der Waals surface area contributed by atoms with Crippen molar-refractivity contribution in [2.45, 2.75) is 25.9 Å². The number of benzene rings is 1. The topological polar surface area (TPSA) is 40.5 Å². The molecule has 0 aliphatic carbocycles. The number of nitrogens with zero attached hydrogens (tertiary/aromatic N) is 1. The van der Waals surface area contributed by atoms with Crippen LogP contribution in [0, 0.1) is 5.92 Å². The van der Waals surface area contributed by atoms with E-state index in [1.165, 1.54) is 5.56 Å². The summed E-state index contributed by atoms with van der Waals surface area (Å²) in [5.74, 6) is -0.218. The molecule has 16 heavy (non-hydrogen) atoms. The van der Waals surface area contributed by atoms with E-state index in [1.807, 2.05) is 30.3 Å². The molecule has 1 N–H and O–H groups in total. The predicted molar refractivity (Wildman–Crippen MR) is 62.1 cm³/mol. The van der Waals surface area contributed by atoms with Gasteiger partial charge < -0.3 is 5.11 Å². The summed E-state index contributed by atoms with van der Waals surface area (Å²) >= 11 is 0. The fourth-order valence-corrected chi connectivity index (χ4v) is 2.38. The Bertz CT molecular complexity index is 363. The number of likely N-dealkylation sites (tertiary alicyclic amines) is 1. The highest BCUT2D eigenvalue weighted by Gasteiger charge is 2.34. The van der Waals surface area contributed by atoms with E-state index < -0.39 is 5.97 Å². The van der Waals surface area contributed by atoms with Gasteiger partial charge in [-0.15, -0.1) is 0 Å². The molecule has 0 amide bonds. The van der Waals surface area contributed by atoms with Gasteiger partial charge in [0.2, 0.25) is 0 Å². The lowest BCUT2D eigenvalue weighted by atomic mass is 10.1. The van der Waals surface area contributed by atoms with Gasteiger partial charge in [-0.3, -0.25) is 9.69 Å². The zero-order chi connectivity index (χ0) is 11.5. The highest BCUT2D eigenvalue weighted by molar-refractivity contribution is 5.73. The van der Waals surface area contributed by atoms with E-state index in [0.29, 0.717) is 5.92 Å². The van der Waals surface area contributed by atoms with Gasteiger partial charge in [0, 0.05) is 13.1 Å². The lowest BCUT2D eigenvalue weighted by Crippen LogP contribution is -2.35. The quantitative estimate of drug-likeness (QED) is 0.845. The maximum absolute atomic E-state index is 11.1. The van der Waals surface area contributed by atoms with Crippen molar-refractivity contribution in [3.05, 3.63) is 35.9 Å². The smallest absolute Gasteiger partial charge is 0.320 e. The van der Waals surface area contributed by atoms with Gasteiger partial charge in [-0.2, -0.15) is 0 Å². The first-order chi connectivity index (χ1) is 7.66. The largest absolute Gasteiger partial charge is 0.480 e. The van der Waals surface area contributed by atoms with E-state index in [2.05, 4.69) is 11.8 Å². The molecule has 2 rings (SSSR count). The van der Waals surface area contributed by atoms with Crippen molar-refractivity contribution in [2.24, 2.45) is 5.92 Å². The molecule has 1 aromatic carbocycles. The highest BCUT2D eigenvalue weighted by Crippen LogP contribution is 2.24. The fourth-order valence-electron chi connectivity index (χ4n) is 2.38. The van der Waals surface area contributed by atoms with Crippen LogP contribution in [0.4, 0.5) is 0 Å². The third-order valence-electron chi connectivity index (χ3n) is 3.13. The van der Waals surface area contributed by atoms with Crippen molar-refractivity contribution in [2.75, 3.05) is 6.54 Å². The summed E-state index contributed by atoms with van der Waals surface area (Å²) in [4.78, 5) is 13.2. The first-order valence-corrected chi connectivity index (χ1v) is 5.67. The molecule has 3 nitrogen and oxygen atoms in total. The van der Waals surface area contributed by atoms with Crippen molar-refractivity contribution < 1.29 is 9.90 Å². The Labute approximate surface area is 95.7 Å². The molecule has 0 spiro atoms. The third kappa shape index (κ3) is 2.42. The third-order valence-corrected chi connectivity index (χ3v) is 3.13. The van der Waals surface area contributed by atoms with Gasteiger partial charge >= 0.3 is 5.97 Å². The Morgan fingerprint density at radius 2 is 2.12 bits per heavy atom. The summed E-state index contributed by atoms with van der Waals surface area (Å²) in [7, 11) is 0. The SMILES string of the molecule is C[C@H]1C[C@H](C(=O)O)N(Cc2ccccc2)C1. The van der Waals surface area contributed by atoms with Crippen molar-refractivity contribution in [3.63, 3.8) is 0 Å². The minimum atomic E-state index is -0.694. The van der Waals surface area contributed by atoms with Crippen LogP contribution in [0.2, 0.25) is 0 Å². The number of hydrogen-bond donors (Lipinski definition) is 1. The average molecular weight is 219 g/mol. The Hall–Kier alpha value is -1.35. The van der Waals surface area contributed by atoms with E-state index in [0.717, 1.165) is 19.5 Å². The standard InChI is InChI=1S/C13H17NO2/c1-10-7-12(13(15)16)14(8-10)9-11-5-3-2-4-6-11/h2-6,10,12H,7-9H2,1H3,(H,15,16)/t10-,12+/m0/s1. The first-order valence-electron chi connectivity index (χ1n) is 5.67. The average Bonchev–Trinajstić information content (AvgIpc) is 2.61. The molecular weight excluding hydrogens is 202 g/mol. The van der Waals surface area contributed by atoms with Crippen LogP contribution in [0.15, 0.2) is 30.3 Å². The van der Waals surface area contributed by atoms with Gasteiger partial charge in [-0.25, -0.2) is 0 Å². The molecule has 1 fully saturated rings. The van der Waals surface area contributed by atoms with Crippen molar-refractivity contribution >= 4 is 5.97 Å². The Kier molecular flexibility index (Phi) is 3.25. The lowest BCUT2D eigenvalue weighted by Gasteiger charge is -2.20. The minimum Gasteiger partial charge on any atom is -0.480 e. The summed E-state index contributed by atoms with van der Waals surface area (Å²) in [5, 5.41) is 9.14. The summed E-state index contributed by atoms with van der Waals surface area (Å²) in [6.45, 7) is 3.73. The van der Waals surface area contributed by atoms with Crippen molar-refractivity contribution in [1.29, 1.82) is 0 Å². The second-order valence-electron chi connectivity index (χ2n) is 4.61. The van der Waals surface area contributed by atoms with Crippen LogP contribution in [0.3, 0.4) is 0 Å². The molecule has 2 atom stereocenters. The Morgan fingerprint density at radius 1 is 1.44 bits per heavy atom. The first kappa shape index (κ1) is 11.1. The highest BCUT2D eigenvalue weighted by atomic mass is 16.4. The van der Waals surface area contributed by atoms with Crippen molar-refractivity contribution in [1.82, 2.24) is 4.90 Å². The molecule has 0 radical (unpaired) electrons. The van der Waals surface area contributed by atoms with E-state index >= 15 is 0 Å². The molecule has 3 heteroatoms. The van der Waals surface area contributed by atoms with Crippen LogP contribution in [0.5, 0.6) is 0 Å². The number of aliphatic carboxylic acids is 1. The van der Waals surface area contributed by atoms with Gasteiger partial charge in [0.1, 0.15) is 6.04 Å². The van der Waals surface area contributed by atoms with Gasteiger partial charge in [-0.05, 0) is 17.9 Å². The van der Waals surface area contributed by atoms with Crippen LogP contribution >= 0.6 is 0 Å². The summed E-state index contributed by atoms with van der Waals surface area (Å²) in [6, 6.07) is 9.74. The molecule has 0 bridgehead atoms. The maximum atomic E-state index is 11.1. The van der Waals surface area contributed by atoms with Gasteiger partial charge in [-0.1, -0.05) is 37.3 Å². The van der Waals surface area contributed by atoms with E-state index in [9.17, 15) is 4.79 Å². The Balaban J connectivity index is 2.06. The molecule has 86 valence electrons. The monoisotopic (exact) mass is 219 g/mol. The normalized spacial score (nSPS) is 25.8. The zero-order valence-electron chi connectivity index (χ0n) is 9.47. The van der Waals surface area contributed by atoms with Gasteiger partial charge in [0.25, 0.3) is 0 Å². The second-order valence-corrected chi connectivity index (χ2v) is 4.61. The summed E-state index contributed by atoms with van der Waals surface area (Å²) in [5.41, 5.74) is 1.18. The number of carbonyl (C=O) groups is 1. The van der Waals surface area contributed by atoms with Crippen molar-refractivity contribution in [3.8, 4) is 0 Å². The molecular formula is C13H17NO2. The van der Waals surface area contributed by atoms with Crippen LogP contribution in [0.25, 0.3) is 0 Å². The van der Waals surface area contributed by atoms with E-state index in [-0.39, 0.29) is 6.04 Å². The van der Waals surface area contributed by atoms with Crippen LogP contribution in [0.1, 0.15) is 18.9 Å². The molecule has 1 aliphatic rings. The molecule has 0 saturated carbocycles. The minimum absolute atomic E-state index is 0.310. The van der Waals surface area contributed by atoms with Gasteiger partial charge in [0.05, 0.1) is 0 Å².